The van der Waals surface area contributed by atoms with E-state index in [4.69, 9.17) is 0 Å². The zero-order valence-corrected chi connectivity index (χ0v) is 8.58. The number of hydrogen-bond acceptors (Lipinski definition) is 3. The van der Waals surface area contributed by atoms with Crippen LogP contribution in [0.4, 0.5) is 0 Å². The lowest BCUT2D eigenvalue weighted by Crippen LogP contribution is -2.43. The van der Waals surface area contributed by atoms with Gasteiger partial charge in [0.25, 0.3) is 0 Å². The van der Waals surface area contributed by atoms with Crippen LogP contribution in [0.2, 0.25) is 0 Å². The lowest BCUT2D eigenvalue weighted by atomic mass is 10.1. The SMILES string of the molecule is CC(C)C(=O)CN1C(=O)CCCC1=O. The van der Waals surface area contributed by atoms with Gasteiger partial charge in [-0.15, -0.1) is 0 Å². The van der Waals surface area contributed by atoms with Crippen LogP contribution in [0.3, 0.4) is 0 Å². The summed E-state index contributed by atoms with van der Waals surface area (Å²) in [5.74, 6) is -0.614. The van der Waals surface area contributed by atoms with E-state index < -0.39 is 0 Å². The summed E-state index contributed by atoms with van der Waals surface area (Å²) < 4.78 is 0. The van der Waals surface area contributed by atoms with E-state index >= 15 is 0 Å². The molecule has 1 rings (SSSR count). The van der Waals surface area contributed by atoms with E-state index in [0.717, 1.165) is 4.90 Å². The van der Waals surface area contributed by atoms with Gasteiger partial charge >= 0.3 is 0 Å². The third-order valence-electron chi connectivity index (χ3n) is 2.34. The van der Waals surface area contributed by atoms with Crippen molar-refractivity contribution in [2.75, 3.05) is 6.54 Å². The lowest BCUT2D eigenvalue weighted by Gasteiger charge is -2.24. The van der Waals surface area contributed by atoms with Gasteiger partial charge in [0.2, 0.25) is 11.8 Å². The van der Waals surface area contributed by atoms with Gasteiger partial charge in [0.05, 0.1) is 6.54 Å². The minimum Gasteiger partial charge on any atom is -0.297 e. The maximum Gasteiger partial charge on any atom is 0.229 e. The predicted octanol–water partition coefficient (Wildman–Crippen LogP) is 0.751. The number of rotatable bonds is 3. The second-order valence-corrected chi connectivity index (χ2v) is 3.85. The largest absolute Gasteiger partial charge is 0.297 e. The van der Waals surface area contributed by atoms with Crippen LogP contribution < -0.4 is 0 Å². The van der Waals surface area contributed by atoms with Crippen LogP contribution in [0.1, 0.15) is 33.1 Å². The van der Waals surface area contributed by atoms with Crippen molar-refractivity contribution in [3.63, 3.8) is 0 Å². The molecule has 0 aromatic rings. The Balaban J connectivity index is 2.61. The average molecular weight is 197 g/mol. The van der Waals surface area contributed by atoms with Gasteiger partial charge in [0.1, 0.15) is 0 Å². The van der Waals surface area contributed by atoms with E-state index in [1.54, 1.807) is 13.8 Å². The molecule has 0 aromatic carbocycles. The molecule has 2 amide bonds. The molecule has 1 saturated heterocycles. The van der Waals surface area contributed by atoms with Crippen molar-refractivity contribution in [2.24, 2.45) is 5.92 Å². The maximum atomic E-state index is 11.4. The Morgan fingerprint density at radius 1 is 1.29 bits per heavy atom. The molecular formula is C10H15NO3. The summed E-state index contributed by atoms with van der Waals surface area (Å²) in [6, 6.07) is 0. The van der Waals surface area contributed by atoms with Crippen LogP contribution in [-0.4, -0.2) is 29.0 Å². The molecule has 4 heteroatoms. The third-order valence-corrected chi connectivity index (χ3v) is 2.34. The lowest BCUT2D eigenvalue weighted by molar-refractivity contribution is -0.150. The monoisotopic (exact) mass is 197 g/mol. The Morgan fingerprint density at radius 3 is 2.21 bits per heavy atom. The van der Waals surface area contributed by atoms with Crippen molar-refractivity contribution in [3.8, 4) is 0 Å². The summed E-state index contributed by atoms with van der Waals surface area (Å²) in [6.07, 6.45) is 1.39. The number of ketones is 1. The highest BCUT2D eigenvalue weighted by Crippen LogP contribution is 2.12. The summed E-state index contributed by atoms with van der Waals surface area (Å²) in [4.78, 5) is 35.1. The molecule has 1 fully saturated rings. The fourth-order valence-corrected chi connectivity index (χ4v) is 1.31. The third kappa shape index (κ3) is 2.40. The molecule has 0 saturated carbocycles. The Labute approximate surface area is 83.3 Å². The Kier molecular flexibility index (Phi) is 3.38. The van der Waals surface area contributed by atoms with Crippen LogP contribution in [0.15, 0.2) is 0 Å². The molecule has 0 aliphatic carbocycles. The first-order valence-electron chi connectivity index (χ1n) is 4.88. The van der Waals surface area contributed by atoms with Crippen LogP contribution in [0.25, 0.3) is 0 Å². The van der Waals surface area contributed by atoms with Gasteiger partial charge in [-0.3, -0.25) is 19.3 Å². The molecule has 1 heterocycles. The highest BCUT2D eigenvalue weighted by molar-refractivity contribution is 6.01. The summed E-state index contributed by atoms with van der Waals surface area (Å²) in [7, 11) is 0. The normalized spacial score (nSPS) is 17.8. The van der Waals surface area contributed by atoms with Crippen LogP contribution in [0, 0.1) is 5.92 Å². The molecule has 1 aliphatic heterocycles. The van der Waals surface area contributed by atoms with E-state index in [1.807, 2.05) is 0 Å². The van der Waals surface area contributed by atoms with Crippen molar-refractivity contribution in [1.82, 2.24) is 4.90 Å². The number of hydrogen-bond donors (Lipinski definition) is 0. The summed E-state index contributed by atoms with van der Waals surface area (Å²) in [5.41, 5.74) is 0. The van der Waals surface area contributed by atoms with Crippen molar-refractivity contribution >= 4 is 17.6 Å². The predicted molar refractivity (Wildman–Crippen MR) is 50.4 cm³/mol. The molecule has 14 heavy (non-hydrogen) atoms. The zero-order valence-electron chi connectivity index (χ0n) is 8.58. The Morgan fingerprint density at radius 2 is 1.79 bits per heavy atom. The molecule has 1 aliphatic rings. The number of nitrogens with zero attached hydrogens (tertiary/aromatic N) is 1. The molecule has 0 atom stereocenters. The Bertz CT molecular complexity index is 255. The summed E-state index contributed by atoms with van der Waals surface area (Å²) in [5, 5.41) is 0. The minimum absolute atomic E-state index is 0.0463. The number of likely N-dealkylation sites (tertiary alicyclic amines) is 1. The highest BCUT2D eigenvalue weighted by Gasteiger charge is 2.27. The first-order valence-corrected chi connectivity index (χ1v) is 4.88. The van der Waals surface area contributed by atoms with E-state index in [0.29, 0.717) is 19.3 Å². The highest BCUT2D eigenvalue weighted by atomic mass is 16.2. The summed E-state index contributed by atoms with van der Waals surface area (Å²) >= 11 is 0. The molecule has 0 N–H and O–H groups in total. The maximum absolute atomic E-state index is 11.4. The minimum atomic E-state index is -0.213. The number of Topliss-reactive ketones (excluding diaryl/α,β-unsaturated/α-hetero) is 1. The van der Waals surface area contributed by atoms with Gasteiger partial charge in [-0.2, -0.15) is 0 Å². The van der Waals surface area contributed by atoms with E-state index in [9.17, 15) is 14.4 Å². The second kappa shape index (κ2) is 4.35. The van der Waals surface area contributed by atoms with Crippen LogP contribution in [0.5, 0.6) is 0 Å². The fourth-order valence-electron chi connectivity index (χ4n) is 1.31. The summed E-state index contributed by atoms with van der Waals surface area (Å²) in [6.45, 7) is 3.48. The molecule has 0 aromatic heterocycles. The van der Waals surface area contributed by atoms with Crippen molar-refractivity contribution in [1.29, 1.82) is 0 Å². The molecule has 78 valence electrons. The number of piperidine rings is 1. The van der Waals surface area contributed by atoms with Crippen molar-refractivity contribution in [2.45, 2.75) is 33.1 Å². The van der Waals surface area contributed by atoms with Gasteiger partial charge < -0.3 is 0 Å². The van der Waals surface area contributed by atoms with E-state index in [1.165, 1.54) is 0 Å². The van der Waals surface area contributed by atoms with Gasteiger partial charge in [0, 0.05) is 18.8 Å². The second-order valence-electron chi connectivity index (χ2n) is 3.85. The van der Waals surface area contributed by atoms with Gasteiger partial charge in [-0.05, 0) is 6.42 Å². The van der Waals surface area contributed by atoms with Crippen molar-refractivity contribution in [3.05, 3.63) is 0 Å². The molecule has 0 radical (unpaired) electrons. The Hall–Kier alpha value is -1.19. The van der Waals surface area contributed by atoms with Gasteiger partial charge in [-0.25, -0.2) is 0 Å². The molecule has 0 spiro atoms. The first-order chi connectivity index (χ1) is 6.52. The molecule has 0 bridgehead atoms. The number of carbonyl (C=O) groups is 3. The number of carbonyl (C=O) groups excluding carboxylic acids is 3. The van der Waals surface area contributed by atoms with Crippen molar-refractivity contribution < 1.29 is 14.4 Å². The average Bonchev–Trinajstić information content (AvgIpc) is 2.11. The smallest absolute Gasteiger partial charge is 0.229 e. The van der Waals surface area contributed by atoms with E-state index in [2.05, 4.69) is 0 Å². The van der Waals surface area contributed by atoms with Gasteiger partial charge in [-0.1, -0.05) is 13.8 Å². The fraction of sp³-hybridized carbons (Fsp3) is 0.700. The molecule has 0 unspecified atom stereocenters. The topological polar surface area (TPSA) is 54.5 Å². The standard InChI is InChI=1S/C10H15NO3/c1-7(2)8(12)6-11-9(13)4-3-5-10(11)14/h7H,3-6H2,1-2H3. The molecular weight excluding hydrogens is 182 g/mol. The van der Waals surface area contributed by atoms with E-state index in [-0.39, 0.29) is 30.1 Å². The number of imide groups is 1. The number of amides is 2. The van der Waals surface area contributed by atoms with Crippen LogP contribution in [-0.2, 0) is 14.4 Å². The zero-order chi connectivity index (χ0) is 10.7. The van der Waals surface area contributed by atoms with Crippen LogP contribution >= 0.6 is 0 Å². The molecule has 4 nitrogen and oxygen atoms in total. The first kappa shape index (κ1) is 10.9. The quantitative estimate of drug-likeness (QED) is 0.627. The van der Waals surface area contributed by atoms with Gasteiger partial charge in [0.15, 0.2) is 5.78 Å².